The Hall–Kier alpha value is -4.07. The van der Waals surface area contributed by atoms with Crippen molar-refractivity contribution in [2.24, 2.45) is 0 Å². The minimum atomic E-state index is -0.574. The first-order valence-corrected chi connectivity index (χ1v) is 11.7. The van der Waals surface area contributed by atoms with Crippen molar-refractivity contribution in [3.63, 3.8) is 0 Å². The largest absolute Gasteiger partial charge is 0.493 e. The van der Waals surface area contributed by atoms with Gasteiger partial charge in [-0.05, 0) is 73.0 Å². The fraction of sp³-hybridized carbons (Fsp3) is 0.286. The van der Waals surface area contributed by atoms with E-state index in [2.05, 4.69) is 0 Å². The highest BCUT2D eigenvalue weighted by Crippen LogP contribution is 2.39. The normalized spacial score (nSPS) is 14.6. The SMILES string of the molecule is CCOC(=O)c1ccc(OC[C@@H]2c3cc(OC)c(OC)cc3CCN2C(=O)c2ccccc2F)cc1. The smallest absolute Gasteiger partial charge is 0.338 e. The van der Waals surface area contributed by atoms with Crippen molar-refractivity contribution < 1.29 is 32.9 Å². The molecule has 1 aliphatic heterocycles. The molecule has 0 spiro atoms. The summed E-state index contributed by atoms with van der Waals surface area (Å²) in [6.45, 7) is 2.53. The predicted molar refractivity (Wildman–Crippen MR) is 131 cm³/mol. The molecule has 0 aliphatic carbocycles. The van der Waals surface area contributed by atoms with Crippen LogP contribution in [0.25, 0.3) is 0 Å². The van der Waals surface area contributed by atoms with Crippen molar-refractivity contribution in [1.29, 1.82) is 0 Å². The molecule has 0 fully saturated rings. The van der Waals surface area contributed by atoms with Crippen LogP contribution in [0, 0.1) is 5.82 Å². The van der Waals surface area contributed by atoms with Crippen LogP contribution in [0.5, 0.6) is 17.2 Å². The van der Waals surface area contributed by atoms with E-state index in [4.69, 9.17) is 18.9 Å². The Labute approximate surface area is 209 Å². The van der Waals surface area contributed by atoms with Gasteiger partial charge in [-0.1, -0.05) is 12.1 Å². The fourth-order valence-electron chi connectivity index (χ4n) is 4.32. The summed E-state index contributed by atoms with van der Waals surface area (Å²) in [5.74, 6) is 0.246. The van der Waals surface area contributed by atoms with Gasteiger partial charge >= 0.3 is 5.97 Å². The molecule has 0 aromatic heterocycles. The quantitative estimate of drug-likeness (QED) is 0.418. The summed E-state index contributed by atoms with van der Waals surface area (Å²) < 4.78 is 36.5. The molecule has 0 saturated heterocycles. The van der Waals surface area contributed by atoms with Gasteiger partial charge in [-0.15, -0.1) is 0 Å². The van der Waals surface area contributed by atoms with Crippen LogP contribution in [0.15, 0.2) is 60.7 Å². The molecule has 1 aliphatic rings. The number of methoxy groups -OCH3 is 2. The van der Waals surface area contributed by atoms with E-state index >= 15 is 0 Å². The van der Waals surface area contributed by atoms with E-state index in [1.54, 1.807) is 62.4 Å². The summed E-state index contributed by atoms with van der Waals surface area (Å²) in [4.78, 5) is 27.0. The van der Waals surface area contributed by atoms with Gasteiger partial charge in [-0.25, -0.2) is 9.18 Å². The molecule has 188 valence electrons. The minimum Gasteiger partial charge on any atom is -0.493 e. The second-order valence-corrected chi connectivity index (χ2v) is 8.21. The topological polar surface area (TPSA) is 74.3 Å². The van der Waals surface area contributed by atoms with Crippen molar-refractivity contribution in [3.05, 3.63) is 88.7 Å². The van der Waals surface area contributed by atoms with Crippen LogP contribution in [0.1, 0.15) is 44.8 Å². The number of carbonyl (C=O) groups is 2. The Morgan fingerprint density at radius 3 is 2.36 bits per heavy atom. The molecule has 36 heavy (non-hydrogen) atoms. The highest BCUT2D eigenvalue weighted by Gasteiger charge is 2.34. The Kier molecular flexibility index (Phi) is 7.73. The lowest BCUT2D eigenvalue weighted by Gasteiger charge is -2.37. The molecule has 3 aromatic carbocycles. The lowest BCUT2D eigenvalue weighted by atomic mass is 9.91. The summed E-state index contributed by atoms with van der Waals surface area (Å²) in [5, 5.41) is 0. The van der Waals surface area contributed by atoms with Gasteiger partial charge in [0.05, 0.1) is 38.0 Å². The first-order chi connectivity index (χ1) is 17.5. The highest BCUT2D eigenvalue weighted by atomic mass is 19.1. The number of ether oxygens (including phenoxy) is 4. The summed E-state index contributed by atoms with van der Waals surface area (Å²) >= 11 is 0. The maximum absolute atomic E-state index is 14.5. The van der Waals surface area contributed by atoms with E-state index in [0.29, 0.717) is 35.8 Å². The summed E-state index contributed by atoms with van der Waals surface area (Å²) in [6, 6.07) is 15.8. The lowest BCUT2D eigenvalue weighted by molar-refractivity contribution is 0.0524. The van der Waals surface area contributed by atoms with Gasteiger partial charge in [-0.2, -0.15) is 0 Å². The number of carbonyl (C=O) groups excluding carboxylic acids is 2. The van der Waals surface area contributed by atoms with Crippen LogP contribution in [0.3, 0.4) is 0 Å². The first-order valence-electron chi connectivity index (χ1n) is 11.7. The van der Waals surface area contributed by atoms with E-state index in [-0.39, 0.29) is 18.8 Å². The van der Waals surface area contributed by atoms with Crippen molar-refractivity contribution in [1.82, 2.24) is 4.90 Å². The standard InChI is InChI=1S/C28H28FNO6/c1-4-35-28(32)18-9-11-20(12-10-18)36-17-24-22-16-26(34-3)25(33-2)15-19(22)13-14-30(24)27(31)21-7-5-6-8-23(21)29/h5-12,15-16,24H,4,13-14,17H2,1-3H3/t24-/m1/s1. The number of hydrogen-bond acceptors (Lipinski definition) is 6. The molecule has 0 radical (unpaired) electrons. The van der Waals surface area contributed by atoms with E-state index < -0.39 is 23.7 Å². The molecule has 3 aromatic rings. The van der Waals surface area contributed by atoms with Crippen LogP contribution in [0.4, 0.5) is 4.39 Å². The number of esters is 1. The minimum absolute atomic E-state index is 0.00483. The molecule has 1 amide bonds. The number of halogens is 1. The second kappa shape index (κ2) is 11.1. The van der Waals surface area contributed by atoms with Crippen LogP contribution in [0.2, 0.25) is 0 Å². The zero-order valence-corrected chi connectivity index (χ0v) is 20.5. The van der Waals surface area contributed by atoms with Crippen molar-refractivity contribution in [3.8, 4) is 17.2 Å². The Balaban J connectivity index is 1.65. The molecule has 0 unspecified atom stereocenters. The van der Waals surface area contributed by atoms with Crippen LogP contribution in [-0.4, -0.2) is 50.8 Å². The maximum Gasteiger partial charge on any atom is 0.338 e. The van der Waals surface area contributed by atoms with Gasteiger partial charge in [0.1, 0.15) is 18.2 Å². The number of fused-ring (bicyclic) bond motifs is 1. The van der Waals surface area contributed by atoms with E-state index in [0.717, 1.165) is 11.1 Å². The summed E-state index contributed by atoms with van der Waals surface area (Å²) in [7, 11) is 3.12. The maximum atomic E-state index is 14.5. The van der Waals surface area contributed by atoms with Gasteiger partial charge in [0.2, 0.25) is 0 Å². The molecular weight excluding hydrogens is 465 g/mol. The Bertz CT molecular complexity index is 1240. The van der Waals surface area contributed by atoms with Crippen LogP contribution in [-0.2, 0) is 11.2 Å². The molecule has 8 heteroatoms. The van der Waals surface area contributed by atoms with Gasteiger partial charge in [-0.3, -0.25) is 4.79 Å². The first kappa shape index (κ1) is 25.0. The second-order valence-electron chi connectivity index (χ2n) is 8.21. The average molecular weight is 494 g/mol. The Morgan fingerprint density at radius 2 is 1.69 bits per heavy atom. The summed E-state index contributed by atoms with van der Waals surface area (Å²) in [6.07, 6.45) is 0.570. The van der Waals surface area contributed by atoms with E-state index in [1.807, 2.05) is 12.1 Å². The number of hydrogen-bond donors (Lipinski definition) is 0. The summed E-state index contributed by atoms with van der Waals surface area (Å²) in [5.41, 5.74) is 2.26. The molecular formula is C28H28FNO6. The zero-order valence-electron chi connectivity index (χ0n) is 20.5. The fourth-order valence-corrected chi connectivity index (χ4v) is 4.32. The van der Waals surface area contributed by atoms with E-state index in [9.17, 15) is 14.0 Å². The molecule has 7 nitrogen and oxygen atoms in total. The molecule has 0 bridgehead atoms. The third-order valence-corrected chi connectivity index (χ3v) is 6.14. The van der Waals surface area contributed by atoms with Crippen LogP contribution < -0.4 is 14.2 Å². The third kappa shape index (κ3) is 5.12. The van der Waals surface area contributed by atoms with Crippen molar-refractivity contribution in [2.45, 2.75) is 19.4 Å². The monoisotopic (exact) mass is 493 g/mol. The lowest BCUT2D eigenvalue weighted by Crippen LogP contribution is -2.43. The van der Waals surface area contributed by atoms with Gasteiger partial charge < -0.3 is 23.8 Å². The molecule has 1 atom stereocenters. The molecule has 0 N–H and O–H groups in total. The van der Waals surface area contributed by atoms with Gasteiger partial charge in [0.25, 0.3) is 5.91 Å². The van der Waals surface area contributed by atoms with Gasteiger partial charge in [0, 0.05) is 6.54 Å². The zero-order chi connectivity index (χ0) is 25.7. The average Bonchev–Trinajstić information content (AvgIpc) is 2.91. The number of nitrogens with zero attached hydrogens (tertiary/aromatic N) is 1. The van der Waals surface area contributed by atoms with Crippen molar-refractivity contribution in [2.75, 3.05) is 34.0 Å². The van der Waals surface area contributed by atoms with E-state index in [1.165, 1.54) is 12.1 Å². The molecule has 1 heterocycles. The predicted octanol–water partition coefficient (Wildman–Crippen LogP) is 4.84. The number of amides is 1. The Morgan fingerprint density at radius 1 is 1.00 bits per heavy atom. The third-order valence-electron chi connectivity index (χ3n) is 6.14. The molecule has 4 rings (SSSR count). The van der Waals surface area contributed by atoms with Crippen molar-refractivity contribution >= 4 is 11.9 Å². The van der Waals surface area contributed by atoms with Crippen LogP contribution >= 0.6 is 0 Å². The van der Waals surface area contributed by atoms with Gasteiger partial charge in [0.15, 0.2) is 11.5 Å². The number of rotatable bonds is 8. The highest BCUT2D eigenvalue weighted by molar-refractivity contribution is 5.95. The number of benzene rings is 3. The molecule has 0 saturated carbocycles.